The van der Waals surface area contributed by atoms with Crippen molar-refractivity contribution in [2.75, 3.05) is 25.0 Å². The first-order chi connectivity index (χ1) is 10.8. The van der Waals surface area contributed by atoms with Crippen LogP contribution < -0.4 is 10.2 Å². The molecule has 3 aromatic heterocycles. The molecule has 0 aromatic carbocycles. The van der Waals surface area contributed by atoms with E-state index < -0.39 is 0 Å². The Hall–Kier alpha value is -1.43. The standard InChI is InChI=1S/C17H19N3S2/c1-20(13-3-2-6-18-10-13)17-14-9-16(12-5-8-21-11-12)22-15(14)4-7-19-17/h4-5,7-9,11,13,18H,2-3,6,10H2,1H3/t13-/m0/s1. The molecule has 4 rings (SSSR count). The molecule has 0 radical (unpaired) electrons. The van der Waals surface area contributed by atoms with Crippen LogP contribution in [0.1, 0.15) is 12.8 Å². The van der Waals surface area contributed by atoms with E-state index in [0.29, 0.717) is 6.04 Å². The summed E-state index contributed by atoms with van der Waals surface area (Å²) in [6, 6.07) is 7.16. The van der Waals surface area contributed by atoms with Gasteiger partial charge < -0.3 is 10.2 Å². The van der Waals surface area contributed by atoms with Gasteiger partial charge in [-0.05, 0) is 48.3 Å². The van der Waals surface area contributed by atoms with Crippen molar-refractivity contribution in [3.63, 3.8) is 0 Å². The van der Waals surface area contributed by atoms with Crippen LogP contribution in [0.5, 0.6) is 0 Å². The van der Waals surface area contributed by atoms with Crippen LogP contribution in [0, 0.1) is 0 Å². The van der Waals surface area contributed by atoms with E-state index in [1.165, 1.54) is 33.4 Å². The summed E-state index contributed by atoms with van der Waals surface area (Å²) >= 11 is 3.61. The molecule has 0 bridgehead atoms. The molecule has 0 unspecified atom stereocenters. The average molecular weight is 329 g/mol. The van der Waals surface area contributed by atoms with Gasteiger partial charge in [-0.3, -0.25) is 0 Å². The minimum atomic E-state index is 0.538. The van der Waals surface area contributed by atoms with Crippen LogP contribution in [0.2, 0.25) is 0 Å². The van der Waals surface area contributed by atoms with Crippen LogP contribution in [-0.4, -0.2) is 31.2 Å². The summed E-state index contributed by atoms with van der Waals surface area (Å²) in [6.45, 7) is 2.19. The third-order valence-corrected chi connectivity index (χ3v) is 6.22. The molecule has 1 aliphatic heterocycles. The number of nitrogens with zero attached hydrogens (tertiary/aromatic N) is 2. The second-order valence-electron chi connectivity index (χ2n) is 5.78. The highest BCUT2D eigenvalue weighted by Gasteiger charge is 2.21. The molecule has 0 saturated carbocycles. The Morgan fingerprint density at radius 2 is 2.32 bits per heavy atom. The first kappa shape index (κ1) is 14.2. The van der Waals surface area contributed by atoms with Gasteiger partial charge >= 0.3 is 0 Å². The normalized spacial score (nSPS) is 18.7. The quantitative estimate of drug-likeness (QED) is 0.780. The lowest BCUT2D eigenvalue weighted by Crippen LogP contribution is -2.44. The number of nitrogens with one attached hydrogen (secondary N) is 1. The topological polar surface area (TPSA) is 28.2 Å². The lowest BCUT2D eigenvalue weighted by molar-refractivity contribution is 0.444. The van der Waals surface area contributed by atoms with E-state index in [0.717, 1.165) is 18.9 Å². The predicted molar refractivity (Wildman–Crippen MR) is 97.2 cm³/mol. The second-order valence-corrected chi connectivity index (χ2v) is 7.64. The maximum absolute atomic E-state index is 4.68. The Labute approximate surface area is 138 Å². The fraction of sp³-hybridized carbons (Fsp3) is 0.353. The van der Waals surface area contributed by atoms with Crippen LogP contribution in [0.4, 0.5) is 5.82 Å². The number of pyridine rings is 1. The van der Waals surface area contributed by atoms with E-state index in [1.807, 2.05) is 17.5 Å². The summed E-state index contributed by atoms with van der Waals surface area (Å²) in [5.74, 6) is 1.11. The smallest absolute Gasteiger partial charge is 0.137 e. The van der Waals surface area contributed by atoms with Crippen LogP contribution in [0.25, 0.3) is 20.5 Å². The molecule has 3 nitrogen and oxygen atoms in total. The molecule has 5 heteroatoms. The van der Waals surface area contributed by atoms with E-state index in [2.05, 4.69) is 51.2 Å². The van der Waals surface area contributed by atoms with Gasteiger partial charge in [0.05, 0.1) is 0 Å². The highest BCUT2D eigenvalue weighted by atomic mass is 32.1. The minimum absolute atomic E-state index is 0.538. The fourth-order valence-electron chi connectivity index (χ4n) is 3.11. The number of hydrogen-bond donors (Lipinski definition) is 1. The number of thiophene rings is 2. The molecular weight excluding hydrogens is 310 g/mol. The zero-order chi connectivity index (χ0) is 14.9. The molecule has 4 heterocycles. The van der Waals surface area contributed by atoms with Crippen molar-refractivity contribution in [2.24, 2.45) is 0 Å². The molecule has 3 aromatic rings. The van der Waals surface area contributed by atoms with E-state index in [4.69, 9.17) is 0 Å². The van der Waals surface area contributed by atoms with E-state index >= 15 is 0 Å². The SMILES string of the molecule is CN(c1nccc2sc(-c3ccsc3)cc12)[C@H]1CCCNC1. The van der Waals surface area contributed by atoms with Crippen molar-refractivity contribution >= 4 is 38.6 Å². The first-order valence-electron chi connectivity index (χ1n) is 7.67. The molecule has 0 aliphatic carbocycles. The molecule has 0 spiro atoms. The van der Waals surface area contributed by atoms with Crippen LogP contribution in [0.15, 0.2) is 35.2 Å². The molecular formula is C17H19N3S2. The van der Waals surface area contributed by atoms with Crippen molar-refractivity contribution in [1.82, 2.24) is 10.3 Å². The third kappa shape index (κ3) is 2.53. The third-order valence-electron chi connectivity index (χ3n) is 4.38. The Balaban J connectivity index is 1.74. The summed E-state index contributed by atoms with van der Waals surface area (Å²) in [6.07, 6.45) is 4.43. The number of fused-ring (bicyclic) bond motifs is 1. The van der Waals surface area contributed by atoms with Gasteiger partial charge in [0, 0.05) is 46.4 Å². The Bertz CT molecular complexity index is 757. The monoisotopic (exact) mass is 329 g/mol. The van der Waals surface area contributed by atoms with Crippen LogP contribution in [-0.2, 0) is 0 Å². The van der Waals surface area contributed by atoms with Crippen LogP contribution >= 0.6 is 22.7 Å². The molecule has 1 N–H and O–H groups in total. The molecule has 22 heavy (non-hydrogen) atoms. The van der Waals surface area contributed by atoms with Crippen molar-refractivity contribution < 1.29 is 0 Å². The summed E-state index contributed by atoms with van der Waals surface area (Å²) in [5.41, 5.74) is 1.32. The highest BCUT2D eigenvalue weighted by molar-refractivity contribution is 7.22. The van der Waals surface area contributed by atoms with Crippen LogP contribution in [0.3, 0.4) is 0 Å². The lowest BCUT2D eigenvalue weighted by atomic mass is 10.1. The van der Waals surface area contributed by atoms with Gasteiger partial charge in [-0.25, -0.2) is 4.98 Å². The molecule has 114 valence electrons. The fourth-order valence-corrected chi connectivity index (χ4v) is 4.89. The zero-order valence-corrected chi connectivity index (χ0v) is 14.2. The van der Waals surface area contributed by atoms with E-state index in [9.17, 15) is 0 Å². The maximum Gasteiger partial charge on any atom is 0.137 e. The van der Waals surface area contributed by atoms with E-state index in [1.54, 1.807) is 11.3 Å². The highest BCUT2D eigenvalue weighted by Crippen LogP contribution is 2.38. The Kier molecular flexibility index (Phi) is 3.86. The Morgan fingerprint density at radius 1 is 1.36 bits per heavy atom. The van der Waals surface area contributed by atoms with Crippen molar-refractivity contribution in [1.29, 1.82) is 0 Å². The summed E-state index contributed by atoms with van der Waals surface area (Å²) < 4.78 is 1.32. The zero-order valence-electron chi connectivity index (χ0n) is 12.6. The Morgan fingerprint density at radius 3 is 3.09 bits per heavy atom. The maximum atomic E-state index is 4.68. The number of rotatable bonds is 3. The van der Waals surface area contributed by atoms with Gasteiger partial charge in [-0.1, -0.05) is 0 Å². The van der Waals surface area contributed by atoms with Crippen molar-refractivity contribution in [3.8, 4) is 10.4 Å². The van der Waals surface area contributed by atoms with Gasteiger partial charge in [-0.2, -0.15) is 11.3 Å². The van der Waals surface area contributed by atoms with Gasteiger partial charge in [0.25, 0.3) is 0 Å². The molecule has 1 aliphatic rings. The van der Waals surface area contributed by atoms with E-state index in [-0.39, 0.29) is 0 Å². The van der Waals surface area contributed by atoms with Gasteiger partial charge in [0.15, 0.2) is 0 Å². The molecule has 1 saturated heterocycles. The summed E-state index contributed by atoms with van der Waals surface area (Å²) in [5, 5.41) is 9.13. The first-order valence-corrected chi connectivity index (χ1v) is 9.43. The van der Waals surface area contributed by atoms with Gasteiger partial charge in [0.1, 0.15) is 5.82 Å². The average Bonchev–Trinajstić information content (AvgIpc) is 3.23. The number of aromatic nitrogens is 1. The molecule has 1 atom stereocenters. The van der Waals surface area contributed by atoms with Crippen molar-refractivity contribution in [3.05, 3.63) is 35.2 Å². The lowest BCUT2D eigenvalue weighted by Gasteiger charge is -2.32. The van der Waals surface area contributed by atoms with Crippen molar-refractivity contribution in [2.45, 2.75) is 18.9 Å². The summed E-state index contributed by atoms with van der Waals surface area (Å²) in [4.78, 5) is 8.38. The number of likely N-dealkylation sites (N-methyl/N-ethyl adjacent to an activating group) is 1. The second kappa shape index (κ2) is 5.99. The van der Waals surface area contributed by atoms with Gasteiger partial charge in [-0.15, -0.1) is 11.3 Å². The molecule has 1 fully saturated rings. The van der Waals surface area contributed by atoms with Gasteiger partial charge in [0.2, 0.25) is 0 Å². The predicted octanol–water partition coefficient (Wildman–Crippen LogP) is 4.21. The summed E-state index contributed by atoms with van der Waals surface area (Å²) in [7, 11) is 2.18. The number of hydrogen-bond acceptors (Lipinski definition) is 5. The molecule has 0 amide bonds. The minimum Gasteiger partial charge on any atom is -0.355 e. The number of piperidine rings is 1. The largest absolute Gasteiger partial charge is 0.355 e. The number of anilines is 1.